The molecule has 1 aromatic rings. The number of carbonyl (C=O) groups excluding carboxylic acids is 1. The molecule has 0 spiro atoms. The molecule has 1 N–H and O–H groups in total. The highest BCUT2D eigenvalue weighted by molar-refractivity contribution is 9.10. The molecule has 0 saturated carbocycles. The molecule has 0 radical (unpaired) electrons. The van der Waals surface area contributed by atoms with E-state index in [4.69, 9.17) is 5.11 Å². The number of hydrogen-bond acceptors (Lipinski definition) is 2. The van der Waals surface area contributed by atoms with E-state index >= 15 is 0 Å². The molecular formula is C13H15BrFNO3. The number of benzene rings is 1. The van der Waals surface area contributed by atoms with Crippen molar-refractivity contribution in [2.45, 2.75) is 26.3 Å². The summed E-state index contributed by atoms with van der Waals surface area (Å²) >= 11 is 3.18. The average molecular weight is 332 g/mol. The number of carboxylic acid groups (broad SMARTS) is 1. The van der Waals surface area contributed by atoms with Gasteiger partial charge in [0.1, 0.15) is 5.82 Å². The Kier molecular flexibility index (Phi) is 5.47. The van der Waals surface area contributed by atoms with E-state index in [1.807, 2.05) is 0 Å². The van der Waals surface area contributed by atoms with Gasteiger partial charge in [0, 0.05) is 17.1 Å². The van der Waals surface area contributed by atoms with E-state index in [1.54, 1.807) is 13.8 Å². The monoisotopic (exact) mass is 331 g/mol. The van der Waals surface area contributed by atoms with E-state index in [1.165, 1.54) is 23.1 Å². The molecular weight excluding hydrogens is 317 g/mol. The molecule has 1 rings (SSSR count). The van der Waals surface area contributed by atoms with Crippen LogP contribution in [0.2, 0.25) is 0 Å². The normalized spacial score (nSPS) is 10.6. The topological polar surface area (TPSA) is 57.6 Å². The van der Waals surface area contributed by atoms with Crippen molar-refractivity contribution >= 4 is 27.8 Å². The van der Waals surface area contributed by atoms with Gasteiger partial charge in [0.25, 0.3) is 5.91 Å². The van der Waals surface area contributed by atoms with Crippen LogP contribution in [0.3, 0.4) is 0 Å². The van der Waals surface area contributed by atoms with Crippen LogP contribution in [0.25, 0.3) is 0 Å². The van der Waals surface area contributed by atoms with Crippen molar-refractivity contribution < 1.29 is 19.1 Å². The smallest absolute Gasteiger partial charge is 0.305 e. The van der Waals surface area contributed by atoms with Crippen LogP contribution in [0, 0.1) is 5.82 Å². The summed E-state index contributed by atoms with van der Waals surface area (Å²) in [5, 5.41) is 8.68. The Labute approximate surface area is 119 Å². The van der Waals surface area contributed by atoms with Gasteiger partial charge in [-0.25, -0.2) is 4.39 Å². The molecule has 0 aromatic heterocycles. The van der Waals surface area contributed by atoms with Crippen LogP contribution in [0.5, 0.6) is 0 Å². The molecule has 6 heteroatoms. The first-order chi connectivity index (χ1) is 8.82. The minimum absolute atomic E-state index is 0.0534. The van der Waals surface area contributed by atoms with Crippen molar-refractivity contribution in [3.63, 3.8) is 0 Å². The quantitative estimate of drug-likeness (QED) is 0.902. The third-order valence-electron chi connectivity index (χ3n) is 2.61. The van der Waals surface area contributed by atoms with Gasteiger partial charge < -0.3 is 10.0 Å². The summed E-state index contributed by atoms with van der Waals surface area (Å²) in [7, 11) is 0. The summed E-state index contributed by atoms with van der Waals surface area (Å²) in [6.07, 6.45) is -0.167. The van der Waals surface area contributed by atoms with Crippen molar-refractivity contribution in [1.29, 1.82) is 0 Å². The number of carboxylic acids is 1. The molecule has 0 aliphatic heterocycles. The number of amides is 1. The molecule has 4 nitrogen and oxygen atoms in total. The zero-order chi connectivity index (χ0) is 14.6. The second-order valence-electron chi connectivity index (χ2n) is 4.36. The first-order valence-electron chi connectivity index (χ1n) is 5.80. The molecule has 1 amide bonds. The number of rotatable bonds is 5. The molecule has 0 aliphatic rings. The summed E-state index contributed by atoms with van der Waals surface area (Å²) < 4.78 is 14.3. The highest BCUT2D eigenvalue weighted by Crippen LogP contribution is 2.18. The molecule has 0 unspecified atom stereocenters. The van der Waals surface area contributed by atoms with Gasteiger partial charge in [0.2, 0.25) is 0 Å². The molecule has 0 aliphatic carbocycles. The van der Waals surface area contributed by atoms with Gasteiger partial charge in [-0.3, -0.25) is 9.59 Å². The van der Waals surface area contributed by atoms with Gasteiger partial charge in [-0.05, 0) is 32.0 Å². The van der Waals surface area contributed by atoms with Crippen LogP contribution in [0.4, 0.5) is 4.39 Å². The molecule has 0 atom stereocenters. The zero-order valence-electron chi connectivity index (χ0n) is 10.7. The fourth-order valence-electron chi connectivity index (χ4n) is 1.63. The van der Waals surface area contributed by atoms with E-state index in [0.717, 1.165) is 0 Å². The number of nitrogens with zero attached hydrogens (tertiary/aromatic N) is 1. The molecule has 0 bridgehead atoms. The SMILES string of the molecule is CC(C)N(CCC(=O)O)C(=O)c1cc(Br)ccc1F. The van der Waals surface area contributed by atoms with Crippen LogP contribution < -0.4 is 0 Å². The molecule has 0 fully saturated rings. The largest absolute Gasteiger partial charge is 0.481 e. The Morgan fingerprint density at radius 1 is 1.42 bits per heavy atom. The van der Waals surface area contributed by atoms with E-state index in [0.29, 0.717) is 4.47 Å². The standard InChI is InChI=1S/C13H15BrFNO3/c1-8(2)16(6-5-12(17)18)13(19)10-7-9(14)3-4-11(10)15/h3-4,7-8H,5-6H2,1-2H3,(H,17,18). The number of hydrogen-bond donors (Lipinski definition) is 1. The third-order valence-corrected chi connectivity index (χ3v) is 3.10. The molecule has 0 saturated heterocycles. The lowest BCUT2D eigenvalue weighted by Crippen LogP contribution is -2.38. The molecule has 104 valence electrons. The predicted octanol–water partition coefficient (Wildman–Crippen LogP) is 2.91. The molecule has 0 heterocycles. The van der Waals surface area contributed by atoms with Gasteiger partial charge in [-0.1, -0.05) is 15.9 Å². The summed E-state index contributed by atoms with van der Waals surface area (Å²) in [6.45, 7) is 3.57. The second-order valence-corrected chi connectivity index (χ2v) is 5.28. The minimum Gasteiger partial charge on any atom is -0.481 e. The van der Waals surface area contributed by atoms with Crippen molar-refractivity contribution in [1.82, 2.24) is 4.90 Å². The first kappa shape index (κ1) is 15.6. The Bertz CT molecular complexity index is 491. The van der Waals surface area contributed by atoms with E-state index in [-0.39, 0.29) is 24.6 Å². The molecule has 19 heavy (non-hydrogen) atoms. The van der Waals surface area contributed by atoms with Gasteiger partial charge in [-0.2, -0.15) is 0 Å². The van der Waals surface area contributed by atoms with Crippen molar-refractivity contribution in [2.24, 2.45) is 0 Å². The van der Waals surface area contributed by atoms with E-state index < -0.39 is 17.7 Å². The lowest BCUT2D eigenvalue weighted by Gasteiger charge is -2.26. The van der Waals surface area contributed by atoms with Crippen LogP contribution in [-0.4, -0.2) is 34.5 Å². The Balaban J connectivity index is 2.99. The summed E-state index contributed by atoms with van der Waals surface area (Å²) in [5.74, 6) is -2.11. The maximum Gasteiger partial charge on any atom is 0.305 e. The number of aliphatic carboxylic acids is 1. The van der Waals surface area contributed by atoms with Gasteiger partial charge in [-0.15, -0.1) is 0 Å². The zero-order valence-corrected chi connectivity index (χ0v) is 12.3. The first-order valence-corrected chi connectivity index (χ1v) is 6.60. The maximum atomic E-state index is 13.7. The maximum absolute atomic E-state index is 13.7. The molecule has 1 aromatic carbocycles. The summed E-state index contributed by atoms with van der Waals surface area (Å²) in [4.78, 5) is 24.2. The van der Waals surface area contributed by atoms with Gasteiger partial charge >= 0.3 is 5.97 Å². The summed E-state index contributed by atoms with van der Waals surface area (Å²) in [5.41, 5.74) is -0.0616. The number of halogens is 2. The Morgan fingerprint density at radius 2 is 2.05 bits per heavy atom. The second kappa shape index (κ2) is 6.65. The predicted molar refractivity (Wildman–Crippen MR) is 72.5 cm³/mol. The van der Waals surface area contributed by atoms with Crippen molar-refractivity contribution in [2.75, 3.05) is 6.54 Å². The minimum atomic E-state index is -0.992. The Hall–Kier alpha value is -1.43. The highest BCUT2D eigenvalue weighted by atomic mass is 79.9. The lowest BCUT2D eigenvalue weighted by atomic mass is 10.1. The number of carbonyl (C=O) groups is 2. The third kappa shape index (κ3) is 4.31. The van der Waals surface area contributed by atoms with Crippen LogP contribution >= 0.6 is 15.9 Å². The van der Waals surface area contributed by atoms with E-state index in [9.17, 15) is 14.0 Å². The van der Waals surface area contributed by atoms with Gasteiger partial charge in [0.05, 0.1) is 12.0 Å². The van der Waals surface area contributed by atoms with Crippen LogP contribution in [-0.2, 0) is 4.79 Å². The summed E-state index contributed by atoms with van der Waals surface area (Å²) in [6, 6.07) is 3.90. The van der Waals surface area contributed by atoms with Crippen molar-refractivity contribution in [3.05, 3.63) is 34.1 Å². The van der Waals surface area contributed by atoms with Gasteiger partial charge in [0.15, 0.2) is 0 Å². The average Bonchev–Trinajstić information content (AvgIpc) is 2.31. The van der Waals surface area contributed by atoms with Crippen molar-refractivity contribution in [3.8, 4) is 0 Å². The van der Waals surface area contributed by atoms with Crippen LogP contribution in [0.15, 0.2) is 22.7 Å². The fourth-order valence-corrected chi connectivity index (χ4v) is 1.99. The fraction of sp³-hybridized carbons (Fsp3) is 0.385. The van der Waals surface area contributed by atoms with Crippen LogP contribution in [0.1, 0.15) is 30.6 Å². The lowest BCUT2D eigenvalue weighted by molar-refractivity contribution is -0.137. The Morgan fingerprint density at radius 3 is 2.58 bits per heavy atom. The van der Waals surface area contributed by atoms with E-state index in [2.05, 4.69) is 15.9 Å². The highest BCUT2D eigenvalue weighted by Gasteiger charge is 2.22.